The zero-order chi connectivity index (χ0) is 14.3. The van der Waals surface area contributed by atoms with Gasteiger partial charge in [0.05, 0.1) is 12.0 Å². The molecule has 0 aliphatic heterocycles. The molecule has 19 heavy (non-hydrogen) atoms. The van der Waals surface area contributed by atoms with E-state index in [1.54, 1.807) is 12.1 Å². The van der Waals surface area contributed by atoms with Crippen LogP contribution in [0.5, 0.6) is 0 Å². The quantitative estimate of drug-likeness (QED) is 0.332. The molecule has 0 aromatic heterocycles. The van der Waals surface area contributed by atoms with Crippen LogP contribution in [0.1, 0.15) is 26.2 Å². The highest BCUT2D eigenvalue weighted by atomic mass is 32.2. The van der Waals surface area contributed by atoms with Crippen molar-refractivity contribution in [2.45, 2.75) is 36.3 Å². The smallest absolute Gasteiger partial charge is 0.319 e. The second-order valence-electron chi connectivity index (χ2n) is 4.02. The van der Waals surface area contributed by atoms with Crippen LogP contribution in [-0.2, 0) is 9.53 Å². The maximum absolute atomic E-state index is 11.6. The van der Waals surface area contributed by atoms with Crippen LogP contribution in [0, 0.1) is 10.1 Å². The summed E-state index contributed by atoms with van der Waals surface area (Å²) in [5.41, 5.74) is 0.0486. The predicted octanol–water partition coefficient (Wildman–Crippen LogP) is 3.42. The van der Waals surface area contributed by atoms with Crippen LogP contribution in [-0.4, -0.2) is 23.3 Å². The van der Waals surface area contributed by atoms with Gasteiger partial charge in [0.15, 0.2) is 0 Å². The molecule has 5 nitrogen and oxygen atoms in total. The Morgan fingerprint density at radius 1 is 1.42 bits per heavy atom. The first-order chi connectivity index (χ1) is 9.08. The van der Waals surface area contributed by atoms with Crippen molar-refractivity contribution in [2.24, 2.45) is 0 Å². The van der Waals surface area contributed by atoms with Crippen LogP contribution >= 0.6 is 11.8 Å². The van der Waals surface area contributed by atoms with Crippen LogP contribution in [0.15, 0.2) is 29.2 Å². The summed E-state index contributed by atoms with van der Waals surface area (Å²) < 4.78 is 4.78. The number of rotatable bonds is 7. The van der Waals surface area contributed by atoms with Crippen LogP contribution in [0.4, 0.5) is 5.69 Å². The van der Waals surface area contributed by atoms with Gasteiger partial charge in [-0.3, -0.25) is 14.9 Å². The van der Waals surface area contributed by atoms with Crippen molar-refractivity contribution in [2.75, 3.05) is 7.11 Å². The van der Waals surface area contributed by atoms with Gasteiger partial charge in [-0.1, -0.05) is 19.8 Å². The Labute approximate surface area is 116 Å². The monoisotopic (exact) mass is 283 g/mol. The molecule has 0 aliphatic rings. The number of benzene rings is 1. The van der Waals surface area contributed by atoms with E-state index in [1.807, 2.05) is 0 Å². The zero-order valence-corrected chi connectivity index (χ0v) is 11.8. The number of methoxy groups -OCH3 is 1. The molecule has 0 N–H and O–H groups in total. The number of thioether (sulfide) groups is 1. The van der Waals surface area contributed by atoms with Crippen molar-refractivity contribution in [3.05, 3.63) is 34.4 Å². The van der Waals surface area contributed by atoms with Crippen LogP contribution < -0.4 is 0 Å². The average Bonchev–Trinajstić information content (AvgIpc) is 2.43. The predicted molar refractivity (Wildman–Crippen MR) is 74.3 cm³/mol. The first-order valence-corrected chi connectivity index (χ1v) is 6.95. The number of carbonyl (C=O) groups is 1. The van der Waals surface area contributed by atoms with E-state index in [0.717, 1.165) is 24.2 Å². The number of nitro groups is 1. The number of non-ortho nitro benzene ring substituents is 1. The first-order valence-electron chi connectivity index (χ1n) is 6.07. The molecular formula is C13H17NO4S. The molecule has 0 heterocycles. The SMILES string of the molecule is CCCCC(Sc1ccc([N+](=O)[O-])cc1)C(=O)OC. The number of nitro benzene ring substituents is 1. The third-order valence-corrected chi connectivity index (χ3v) is 3.87. The molecule has 0 aliphatic carbocycles. The van der Waals surface area contributed by atoms with Gasteiger partial charge >= 0.3 is 5.97 Å². The number of esters is 1. The summed E-state index contributed by atoms with van der Waals surface area (Å²) in [7, 11) is 1.37. The van der Waals surface area contributed by atoms with Crippen molar-refractivity contribution in [1.29, 1.82) is 0 Å². The molecule has 1 rings (SSSR count). The zero-order valence-electron chi connectivity index (χ0n) is 11.0. The summed E-state index contributed by atoms with van der Waals surface area (Å²) in [5, 5.41) is 10.3. The van der Waals surface area contributed by atoms with Crippen LogP contribution in [0.2, 0.25) is 0 Å². The molecule has 0 saturated carbocycles. The fourth-order valence-corrected chi connectivity index (χ4v) is 2.66. The molecule has 0 fully saturated rings. The molecule has 0 bridgehead atoms. The second-order valence-corrected chi connectivity index (χ2v) is 5.30. The lowest BCUT2D eigenvalue weighted by Gasteiger charge is -2.13. The summed E-state index contributed by atoms with van der Waals surface area (Å²) in [6, 6.07) is 6.20. The summed E-state index contributed by atoms with van der Waals surface area (Å²) in [4.78, 5) is 22.6. The molecule has 0 saturated heterocycles. The standard InChI is InChI=1S/C13H17NO4S/c1-3-4-5-12(13(15)18-2)19-11-8-6-10(7-9-11)14(16)17/h6-9,12H,3-5H2,1-2H3. The van der Waals surface area contributed by atoms with Gasteiger partial charge in [0.2, 0.25) is 0 Å². The fourth-order valence-electron chi connectivity index (χ4n) is 1.56. The van der Waals surface area contributed by atoms with Gasteiger partial charge in [0.1, 0.15) is 5.25 Å². The van der Waals surface area contributed by atoms with E-state index in [0.29, 0.717) is 0 Å². The highest BCUT2D eigenvalue weighted by Crippen LogP contribution is 2.29. The van der Waals surface area contributed by atoms with Gasteiger partial charge < -0.3 is 4.74 Å². The van der Waals surface area contributed by atoms with Crippen LogP contribution in [0.25, 0.3) is 0 Å². The van der Waals surface area contributed by atoms with Gasteiger partial charge in [0.25, 0.3) is 5.69 Å². The molecule has 1 atom stereocenters. The average molecular weight is 283 g/mol. The van der Waals surface area contributed by atoms with E-state index in [4.69, 9.17) is 4.74 Å². The van der Waals surface area contributed by atoms with Crippen molar-refractivity contribution in [1.82, 2.24) is 0 Å². The maximum Gasteiger partial charge on any atom is 0.319 e. The fraction of sp³-hybridized carbons (Fsp3) is 0.462. The molecule has 0 radical (unpaired) electrons. The van der Waals surface area contributed by atoms with Crippen molar-refractivity contribution < 1.29 is 14.5 Å². The minimum absolute atomic E-state index is 0.0486. The minimum atomic E-state index is -0.441. The van der Waals surface area contributed by atoms with Gasteiger partial charge in [0, 0.05) is 17.0 Å². The summed E-state index contributed by atoms with van der Waals surface area (Å²) in [6.45, 7) is 2.06. The Bertz CT molecular complexity index is 433. The van der Waals surface area contributed by atoms with E-state index >= 15 is 0 Å². The highest BCUT2D eigenvalue weighted by Gasteiger charge is 2.20. The van der Waals surface area contributed by atoms with Crippen molar-refractivity contribution >= 4 is 23.4 Å². The van der Waals surface area contributed by atoms with E-state index in [2.05, 4.69) is 6.92 Å². The highest BCUT2D eigenvalue weighted by molar-refractivity contribution is 8.00. The Balaban J connectivity index is 2.72. The molecule has 0 amide bonds. The minimum Gasteiger partial charge on any atom is -0.468 e. The molecule has 1 unspecified atom stereocenters. The number of hydrogen-bond donors (Lipinski definition) is 0. The van der Waals surface area contributed by atoms with E-state index in [-0.39, 0.29) is 16.9 Å². The number of carbonyl (C=O) groups excluding carboxylic acids is 1. The summed E-state index contributed by atoms with van der Waals surface area (Å²) >= 11 is 1.38. The number of unbranched alkanes of at least 4 members (excludes halogenated alkanes) is 1. The number of ether oxygens (including phenoxy) is 1. The number of nitrogens with zero attached hydrogens (tertiary/aromatic N) is 1. The lowest BCUT2D eigenvalue weighted by Crippen LogP contribution is -2.18. The first kappa shape index (κ1) is 15.5. The van der Waals surface area contributed by atoms with Crippen LogP contribution in [0.3, 0.4) is 0 Å². The maximum atomic E-state index is 11.6. The Morgan fingerprint density at radius 2 is 2.05 bits per heavy atom. The Morgan fingerprint density at radius 3 is 2.53 bits per heavy atom. The van der Waals surface area contributed by atoms with Gasteiger partial charge in [-0.25, -0.2) is 0 Å². The van der Waals surface area contributed by atoms with Crippen molar-refractivity contribution in [3.63, 3.8) is 0 Å². The van der Waals surface area contributed by atoms with Gasteiger partial charge in [-0.15, -0.1) is 11.8 Å². The third kappa shape index (κ3) is 4.90. The Hall–Kier alpha value is -1.56. The second kappa shape index (κ2) is 7.78. The Kier molecular flexibility index (Phi) is 6.35. The largest absolute Gasteiger partial charge is 0.468 e. The van der Waals surface area contributed by atoms with E-state index < -0.39 is 4.92 Å². The lowest BCUT2D eigenvalue weighted by molar-refractivity contribution is -0.384. The molecule has 6 heteroatoms. The molecule has 0 spiro atoms. The number of hydrogen-bond acceptors (Lipinski definition) is 5. The van der Waals surface area contributed by atoms with E-state index in [9.17, 15) is 14.9 Å². The summed E-state index contributed by atoms with van der Waals surface area (Å²) in [5.74, 6) is -0.253. The topological polar surface area (TPSA) is 69.4 Å². The molecular weight excluding hydrogens is 266 g/mol. The van der Waals surface area contributed by atoms with Crippen molar-refractivity contribution in [3.8, 4) is 0 Å². The molecule has 1 aromatic carbocycles. The lowest BCUT2D eigenvalue weighted by atomic mass is 10.2. The van der Waals surface area contributed by atoms with Gasteiger partial charge in [-0.2, -0.15) is 0 Å². The molecule has 1 aromatic rings. The third-order valence-electron chi connectivity index (χ3n) is 2.61. The molecule has 104 valence electrons. The summed E-state index contributed by atoms with van der Waals surface area (Å²) in [6.07, 6.45) is 2.69. The van der Waals surface area contributed by atoms with E-state index in [1.165, 1.54) is 31.0 Å². The normalized spacial score (nSPS) is 11.9. The van der Waals surface area contributed by atoms with Gasteiger partial charge in [-0.05, 0) is 18.6 Å².